The van der Waals surface area contributed by atoms with Gasteiger partial charge in [0.25, 0.3) is 0 Å². The van der Waals surface area contributed by atoms with E-state index in [-0.39, 0.29) is 23.0 Å². The van der Waals surface area contributed by atoms with E-state index in [9.17, 15) is 21.6 Å². The zero-order valence-corrected chi connectivity index (χ0v) is 18.4. The summed E-state index contributed by atoms with van der Waals surface area (Å²) in [7, 11) is -3.80. The Morgan fingerprint density at radius 1 is 1.23 bits per heavy atom. The first-order valence-corrected chi connectivity index (χ1v) is 11.9. The van der Waals surface area contributed by atoms with Crippen LogP contribution in [0.4, 0.5) is 24.7 Å². The van der Waals surface area contributed by atoms with E-state index in [4.69, 9.17) is 0 Å². The number of nitrogens with zero attached hydrogens (tertiary/aromatic N) is 3. The maximum atomic E-state index is 13.1. The number of alkyl halides is 3. The maximum absolute atomic E-state index is 13.1. The highest BCUT2D eigenvalue weighted by Crippen LogP contribution is 2.36. The summed E-state index contributed by atoms with van der Waals surface area (Å²) >= 11 is 0. The van der Waals surface area contributed by atoms with Gasteiger partial charge in [-0.2, -0.15) is 13.2 Å². The van der Waals surface area contributed by atoms with E-state index in [0.29, 0.717) is 5.82 Å². The smallest absolute Gasteiger partial charge is 0.364 e. The van der Waals surface area contributed by atoms with Gasteiger partial charge >= 0.3 is 6.18 Å². The number of sulfonamides is 1. The predicted octanol–water partition coefficient (Wildman–Crippen LogP) is 3.74. The van der Waals surface area contributed by atoms with Crippen molar-refractivity contribution in [2.45, 2.75) is 38.9 Å². The molecule has 0 spiro atoms. The molecule has 1 saturated heterocycles. The molecule has 2 aromatic rings. The van der Waals surface area contributed by atoms with Gasteiger partial charge in [-0.25, -0.2) is 8.42 Å². The van der Waals surface area contributed by atoms with Gasteiger partial charge in [-0.3, -0.25) is 4.72 Å². The fourth-order valence-electron chi connectivity index (χ4n) is 3.64. The number of aromatic nitrogens is 2. The van der Waals surface area contributed by atoms with Gasteiger partial charge in [-0.15, -0.1) is 10.2 Å². The van der Waals surface area contributed by atoms with Crippen LogP contribution in [0.25, 0.3) is 11.3 Å². The molecule has 3 rings (SSSR count). The molecule has 2 N–H and O–H groups in total. The normalized spacial score (nSPS) is 18.1. The van der Waals surface area contributed by atoms with Gasteiger partial charge in [0.05, 0.1) is 23.2 Å². The minimum Gasteiger partial charge on any atom is -0.364 e. The average Bonchev–Trinajstić information content (AvgIpc) is 2.68. The Kier molecular flexibility index (Phi) is 6.75. The van der Waals surface area contributed by atoms with E-state index >= 15 is 0 Å². The Morgan fingerprint density at radius 3 is 2.58 bits per heavy atom. The number of likely N-dealkylation sites (tertiary alicyclic amines) is 1. The quantitative estimate of drug-likeness (QED) is 0.687. The first kappa shape index (κ1) is 23.3. The van der Waals surface area contributed by atoms with Gasteiger partial charge in [0.2, 0.25) is 10.0 Å². The largest absolute Gasteiger partial charge is 0.416 e. The Labute approximate surface area is 180 Å². The third-order valence-electron chi connectivity index (χ3n) is 5.20. The highest BCUT2D eigenvalue weighted by molar-refractivity contribution is 7.92. The summed E-state index contributed by atoms with van der Waals surface area (Å²) in [4.78, 5) is 2.35. The third-order valence-corrected chi connectivity index (χ3v) is 5.79. The molecule has 1 fully saturated rings. The van der Waals surface area contributed by atoms with Crippen LogP contribution in [-0.2, 0) is 16.2 Å². The van der Waals surface area contributed by atoms with E-state index in [0.717, 1.165) is 56.4 Å². The second kappa shape index (κ2) is 8.99. The van der Waals surface area contributed by atoms with Crippen LogP contribution in [0, 0.1) is 6.92 Å². The fourth-order valence-corrected chi connectivity index (χ4v) is 4.21. The van der Waals surface area contributed by atoms with Gasteiger partial charge in [-0.05, 0) is 56.6 Å². The molecule has 11 heteroatoms. The second-order valence-electron chi connectivity index (χ2n) is 7.77. The van der Waals surface area contributed by atoms with E-state index in [1.807, 2.05) is 6.92 Å². The molecule has 0 aliphatic carbocycles. The molecule has 2 heterocycles. The number of rotatable bonds is 6. The molecule has 1 aromatic heterocycles. The monoisotopic (exact) mass is 457 g/mol. The summed E-state index contributed by atoms with van der Waals surface area (Å²) in [6.07, 6.45) is -1.62. The van der Waals surface area contributed by atoms with Gasteiger partial charge < -0.3 is 10.2 Å². The Balaban J connectivity index is 1.91. The lowest BCUT2D eigenvalue weighted by atomic mass is 10.0. The van der Waals surface area contributed by atoms with Crippen LogP contribution in [-0.4, -0.2) is 55.4 Å². The van der Waals surface area contributed by atoms with E-state index in [1.54, 1.807) is 6.07 Å². The standard InChI is InChI=1S/C20H26F3N5O2S/c1-4-28-9-5-6-15(12-28)24-19-13(2)10-17(25-26-19)16-8-7-14(20(21,22)23)11-18(16)27-31(3,29)30/h7-8,10-11,15,27H,4-6,9,12H2,1-3H3,(H,24,26)/t15-/m1/s1. The molecule has 1 aliphatic heterocycles. The number of hydrogen-bond donors (Lipinski definition) is 2. The van der Waals surface area contributed by atoms with Crippen LogP contribution in [0.1, 0.15) is 30.9 Å². The number of nitrogens with one attached hydrogen (secondary N) is 2. The number of halogens is 3. The Morgan fingerprint density at radius 2 is 1.97 bits per heavy atom. The predicted molar refractivity (Wildman–Crippen MR) is 114 cm³/mol. The molecule has 1 aromatic carbocycles. The first-order valence-electron chi connectivity index (χ1n) is 9.99. The summed E-state index contributed by atoms with van der Waals surface area (Å²) < 4.78 is 64.9. The van der Waals surface area contributed by atoms with Crippen molar-refractivity contribution in [2.75, 3.05) is 35.9 Å². The molecule has 31 heavy (non-hydrogen) atoms. The number of aryl methyl sites for hydroxylation is 1. The lowest BCUT2D eigenvalue weighted by Gasteiger charge is -2.32. The van der Waals surface area contributed by atoms with Crippen molar-refractivity contribution in [3.8, 4) is 11.3 Å². The number of benzene rings is 1. The van der Waals surface area contributed by atoms with E-state index in [2.05, 4.69) is 32.1 Å². The minimum absolute atomic E-state index is 0.197. The lowest BCUT2D eigenvalue weighted by molar-refractivity contribution is -0.137. The van der Waals surface area contributed by atoms with Gasteiger partial charge in [0.1, 0.15) is 0 Å². The molecule has 0 unspecified atom stereocenters. The molecule has 7 nitrogen and oxygen atoms in total. The second-order valence-corrected chi connectivity index (χ2v) is 9.52. The summed E-state index contributed by atoms with van der Waals surface area (Å²) in [6.45, 7) is 6.90. The summed E-state index contributed by atoms with van der Waals surface area (Å²) in [5, 5.41) is 11.8. The molecular formula is C20H26F3N5O2S. The van der Waals surface area contributed by atoms with Gasteiger partial charge in [-0.1, -0.05) is 13.0 Å². The average molecular weight is 458 g/mol. The number of hydrogen-bond acceptors (Lipinski definition) is 6. The Bertz CT molecular complexity index is 1040. The molecule has 1 atom stereocenters. The fraction of sp³-hybridized carbons (Fsp3) is 0.500. The van der Waals surface area contributed by atoms with Crippen LogP contribution in [0.3, 0.4) is 0 Å². The topological polar surface area (TPSA) is 87.2 Å². The molecule has 0 amide bonds. The SMILES string of the molecule is CCN1CCC[C@@H](Nc2nnc(-c3ccc(C(F)(F)F)cc3NS(C)(=O)=O)cc2C)C1. The first-order chi connectivity index (χ1) is 14.5. The highest BCUT2D eigenvalue weighted by Gasteiger charge is 2.31. The summed E-state index contributed by atoms with van der Waals surface area (Å²) in [5.41, 5.74) is 0.113. The molecule has 0 radical (unpaired) electrons. The molecule has 1 aliphatic rings. The van der Waals surface area contributed by atoms with Crippen molar-refractivity contribution in [3.63, 3.8) is 0 Å². The third kappa shape index (κ3) is 6.07. The van der Waals surface area contributed by atoms with Crippen molar-refractivity contribution in [2.24, 2.45) is 0 Å². The van der Waals surface area contributed by atoms with Gasteiger partial charge in [0.15, 0.2) is 5.82 Å². The van der Waals surface area contributed by atoms with Crippen LogP contribution >= 0.6 is 0 Å². The maximum Gasteiger partial charge on any atom is 0.416 e. The van der Waals surface area contributed by atoms with Crippen molar-refractivity contribution in [1.82, 2.24) is 15.1 Å². The number of anilines is 2. The van der Waals surface area contributed by atoms with Crippen molar-refractivity contribution in [1.29, 1.82) is 0 Å². The number of likely N-dealkylation sites (N-methyl/N-ethyl adjacent to an activating group) is 1. The number of piperidine rings is 1. The molecular weight excluding hydrogens is 431 g/mol. The molecule has 0 bridgehead atoms. The summed E-state index contributed by atoms with van der Waals surface area (Å²) in [5.74, 6) is 0.608. The molecule has 170 valence electrons. The van der Waals surface area contributed by atoms with E-state index < -0.39 is 21.8 Å². The zero-order valence-electron chi connectivity index (χ0n) is 17.6. The summed E-state index contributed by atoms with van der Waals surface area (Å²) in [6, 6.07) is 4.79. The van der Waals surface area contributed by atoms with Crippen molar-refractivity contribution in [3.05, 3.63) is 35.4 Å². The van der Waals surface area contributed by atoms with Crippen LogP contribution in [0.2, 0.25) is 0 Å². The van der Waals surface area contributed by atoms with Crippen LogP contribution in [0.15, 0.2) is 24.3 Å². The Hall–Kier alpha value is -2.40. The van der Waals surface area contributed by atoms with Crippen LogP contribution < -0.4 is 10.0 Å². The zero-order chi connectivity index (χ0) is 22.8. The lowest BCUT2D eigenvalue weighted by Crippen LogP contribution is -2.42. The highest BCUT2D eigenvalue weighted by atomic mass is 32.2. The van der Waals surface area contributed by atoms with Crippen molar-refractivity contribution < 1.29 is 21.6 Å². The van der Waals surface area contributed by atoms with Crippen LogP contribution in [0.5, 0.6) is 0 Å². The van der Waals surface area contributed by atoms with E-state index in [1.165, 1.54) is 6.07 Å². The molecule has 0 saturated carbocycles. The van der Waals surface area contributed by atoms with Gasteiger partial charge in [0, 0.05) is 18.2 Å². The minimum atomic E-state index is -4.60. The van der Waals surface area contributed by atoms with Crippen molar-refractivity contribution >= 4 is 21.5 Å².